The molecule has 2 rings (SSSR count). The van der Waals surface area contributed by atoms with E-state index in [9.17, 15) is 5.26 Å². The SMILES string of the molecule is Cc1ccn(CC(N)(C#N)c2ccccc2)n1. The van der Waals surface area contributed by atoms with Gasteiger partial charge in [0.25, 0.3) is 0 Å². The lowest BCUT2D eigenvalue weighted by Gasteiger charge is -2.21. The van der Waals surface area contributed by atoms with Crippen LogP contribution in [0, 0.1) is 18.3 Å². The summed E-state index contributed by atoms with van der Waals surface area (Å²) in [6, 6.07) is 13.4. The van der Waals surface area contributed by atoms with Crippen LogP contribution < -0.4 is 5.73 Å². The van der Waals surface area contributed by atoms with Crippen molar-refractivity contribution >= 4 is 0 Å². The minimum absolute atomic E-state index is 0.349. The number of aromatic nitrogens is 2. The predicted molar refractivity (Wildman–Crippen MR) is 64.9 cm³/mol. The first kappa shape index (κ1) is 11.4. The van der Waals surface area contributed by atoms with Gasteiger partial charge in [-0.25, -0.2) is 0 Å². The minimum atomic E-state index is -1.04. The van der Waals surface area contributed by atoms with Crippen LogP contribution in [0.4, 0.5) is 0 Å². The highest BCUT2D eigenvalue weighted by Crippen LogP contribution is 2.19. The van der Waals surface area contributed by atoms with Crippen LogP contribution in [0.3, 0.4) is 0 Å². The molecule has 0 radical (unpaired) electrons. The lowest BCUT2D eigenvalue weighted by atomic mass is 9.93. The third-order valence-electron chi connectivity index (χ3n) is 2.67. The maximum Gasteiger partial charge on any atom is 0.149 e. The summed E-state index contributed by atoms with van der Waals surface area (Å²) in [7, 11) is 0. The molecular weight excluding hydrogens is 212 g/mol. The fourth-order valence-electron chi connectivity index (χ4n) is 1.73. The molecule has 0 amide bonds. The number of nitrogens with two attached hydrogens (primary N) is 1. The summed E-state index contributed by atoms with van der Waals surface area (Å²) in [4.78, 5) is 0. The quantitative estimate of drug-likeness (QED) is 0.863. The lowest BCUT2D eigenvalue weighted by molar-refractivity contribution is 0.440. The van der Waals surface area contributed by atoms with E-state index in [0.717, 1.165) is 11.3 Å². The standard InChI is InChI=1S/C13H14N4/c1-11-7-8-17(16-11)10-13(15,9-14)12-5-3-2-4-6-12/h2-8H,10,15H2,1H3. The molecule has 1 aromatic carbocycles. The van der Waals surface area contributed by atoms with Gasteiger partial charge < -0.3 is 5.73 Å². The molecule has 0 aliphatic rings. The van der Waals surface area contributed by atoms with Crippen molar-refractivity contribution in [3.63, 3.8) is 0 Å². The molecule has 0 aliphatic carbocycles. The zero-order chi connectivity index (χ0) is 12.3. The van der Waals surface area contributed by atoms with Crippen molar-refractivity contribution in [2.75, 3.05) is 0 Å². The number of rotatable bonds is 3. The first-order valence-corrected chi connectivity index (χ1v) is 5.40. The van der Waals surface area contributed by atoms with Gasteiger partial charge in [0.05, 0.1) is 18.3 Å². The summed E-state index contributed by atoms with van der Waals surface area (Å²) in [5, 5.41) is 13.5. The summed E-state index contributed by atoms with van der Waals surface area (Å²) < 4.78 is 1.70. The molecule has 1 unspecified atom stereocenters. The van der Waals surface area contributed by atoms with E-state index in [4.69, 9.17) is 5.73 Å². The number of benzene rings is 1. The van der Waals surface area contributed by atoms with Crippen LogP contribution in [0.25, 0.3) is 0 Å². The average molecular weight is 226 g/mol. The second-order valence-electron chi connectivity index (χ2n) is 4.10. The van der Waals surface area contributed by atoms with Crippen LogP contribution in [0.5, 0.6) is 0 Å². The Morgan fingerprint density at radius 3 is 2.59 bits per heavy atom. The van der Waals surface area contributed by atoms with E-state index < -0.39 is 5.54 Å². The normalized spacial score (nSPS) is 13.9. The third kappa shape index (κ3) is 2.35. The van der Waals surface area contributed by atoms with E-state index in [1.807, 2.05) is 49.5 Å². The van der Waals surface area contributed by atoms with Crippen LogP contribution >= 0.6 is 0 Å². The van der Waals surface area contributed by atoms with Crippen LogP contribution in [0.2, 0.25) is 0 Å². The Kier molecular flexibility index (Phi) is 2.94. The third-order valence-corrected chi connectivity index (χ3v) is 2.67. The summed E-state index contributed by atoms with van der Waals surface area (Å²) >= 11 is 0. The average Bonchev–Trinajstić information content (AvgIpc) is 2.75. The van der Waals surface area contributed by atoms with Crippen LogP contribution in [-0.4, -0.2) is 9.78 Å². The van der Waals surface area contributed by atoms with Crippen LogP contribution in [-0.2, 0) is 12.1 Å². The molecule has 4 nitrogen and oxygen atoms in total. The first-order valence-electron chi connectivity index (χ1n) is 5.40. The summed E-state index contributed by atoms with van der Waals surface area (Å²) in [6.07, 6.45) is 1.83. The van der Waals surface area contributed by atoms with E-state index in [0.29, 0.717) is 6.54 Å². The van der Waals surface area contributed by atoms with Crippen molar-refractivity contribution in [2.24, 2.45) is 5.73 Å². The number of nitrogens with zero attached hydrogens (tertiary/aromatic N) is 3. The lowest BCUT2D eigenvalue weighted by Crippen LogP contribution is -2.39. The van der Waals surface area contributed by atoms with Gasteiger partial charge in [-0.3, -0.25) is 4.68 Å². The Morgan fingerprint density at radius 1 is 1.35 bits per heavy atom. The number of hydrogen-bond acceptors (Lipinski definition) is 3. The molecule has 1 heterocycles. The Hall–Kier alpha value is -2.12. The van der Waals surface area contributed by atoms with Gasteiger partial charge in [0.1, 0.15) is 5.54 Å². The molecule has 1 aromatic heterocycles. The Balaban J connectivity index is 2.30. The van der Waals surface area contributed by atoms with Gasteiger partial charge in [-0.05, 0) is 18.6 Å². The van der Waals surface area contributed by atoms with Gasteiger partial charge in [0.15, 0.2) is 0 Å². The zero-order valence-electron chi connectivity index (χ0n) is 9.67. The van der Waals surface area contributed by atoms with E-state index in [1.165, 1.54) is 0 Å². The molecule has 0 aliphatic heterocycles. The van der Waals surface area contributed by atoms with Crippen molar-refractivity contribution in [1.82, 2.24) is 9.78 Å². The van der Waals surface area contributed by atoms with Gasteiger partial charge >= 0.3 is 0 Å². The molecule has 17 heavy (non-hydrogen) atoms. The van der Waals surface area contributed by atoms with Crippen molar-refractivity contribution < 1.29 is 0 Å². The van der Waals surface area contributed by atoms with Crippen molar-refractivity contribution in [1.29, 1.82) is 5.26 Å². The Bertz CT molecular complexity index is 538. The van der Waals surface area contributed by atoms with E-state index in [2.05, 4.69) is 11.2 Å². The van der Waals surface area contributed by atoms with Crippen molar-refractivity contribution in [3.05, 3.63) is 53.9 Å². The van der Waals surface area contributed by atoms with E-state index >= 15 is 0 Å². The molecule has 0 saturated carbocycles. The number of aryl methyl sites for hydroxylation is 1. The molecule has 1 atom stereocenters. The summed E-state index contributed by atoms with van der Waals surface area (Å²) in [6.45, 7) is 2.25. The maximum absolute atomic E-state index is 9.29. The van der Waals surface area contributed by atoms with Gasteiger partial charge in [-0.15, -0.1) is 0 Å². The molecule has 0 saturated heterocycles. The molecule has 2 N–H and O–H groups in total. The first-order chi connectivity index (χ1) is 8.14. The molecule has 2 aromatic rings. The minimum Gasteiger partial charge on any atom is -0.308 e. The van der Waals surface area contributed by atoms with Crippen molar-refractivity contribution in [2.45, 2.75) is 19.0 Å². The molecular formula is C13H14N4. The second kappa shape index (κ2) is 4.40. The summed E-state index contributed by atoms with van der Waals surface area (Å²) in [5.74, 6) is 0. The highest BCUT2D eigenvalue weighted by atomic mass is 15.3. The Labute approximate surface area is 100 Å². The fourth-order valence-corrected chi connectivity index (χ4v) is 1.73. The van der Waals surface area contributed by atoms with Crippen LogP contribution in [0.1, 0.15) is 11.3 Å². The predicted octanol–water partition coefficient (Wildman–Crippen LogP) is 1.57. The molecule has 4 heteroatoms. The largest absolute Gasteiger partial charge is 0.308 e. The van der Waals surface area contributed by atoms with Crippen LogP contribution in [0.15, 0.2) is 42.6 Å². The smallest absolute Gasteiger partial charge is 0.149 e. The number of hydrogen-bond donors (Lipinski definition) is 1. The molecule has 0 spiro atoms. The fraction of sp³-hybridized carbons (Fsp3) is 0.231. The van der Waals surface area contributed by atoms with Gasteiger partial charge in [0.2, 0.25) is 0 Å². The molecule has 86 valence electrons. The highest BCUT2D eigenvalue weighted by molar-refractivity contribution is 5.30. The second-order valence-corrected chi connectivity index (χ2v) is 4.10. The topological polar surface area (TPSA) is 67.6 Å². The van der Waals surface area contributed by atoms with E-state index in [-0.39, 0.29) is 0 Å². The highest BCUT2D eigenvalue weighted by Gasteiger charge is 2.27. The number of nitriles is 1. The van der Waals surface area contributed by atoms with Gasteiger partial charge in [-0.1, -0.05) is 30.3 Å². The van der Waals surface area contributed by atoms with E-state index in [1.54, 1.807) is 4.68 Å². The monoisotopic (exact) mass is 226 g/mol. The molecule has 0 fully saturated rings. The maximum atomic E-state index is 9.29. The zero-order valence-corrected chi connectivity index (χ0v) is 9.67. The Morgan fingerprint density at radius 2 is 2.06 bits per heavy atom. The van der Waals surface area contributed by atoms with Crippen molar-refractivity contribution in [3.8, 4) is 6.07 Å². The molecule has 0 bridgehead atoms. The van der Waals surface area contributed by atoms with Gasteiger partial charge in [0, 0.05) is 6.20 Å². The summed E-state index contributed by atoms with van der Waals surface area (Å²) in [5.41, 5.74) is 6.81. The van der Waals surface area contributed by atoms with Gasteiger partial charge in [-0.2, -0.15) is 10.4 Å².